The van der Waals surface area contributed by atoms with E-state index in [-0.39, 0.29) is 0 Å². The van der Waals surface area contributed by atoms with Gasteiger partial charge in [0.1, 0.15) is 10.4 Å². The molecule has 0 saturated carbocycles. The Hall–Kier alpha value is -2.72. The molecule has 0 aliphatic heterocycles. The van der Waals surface area contributed by atoms with Crippen LogP contribution in [-0.4, -0.2) is 9.97 Å². The molecule has 0 amide bonds. The summed E-state index contributed by atoms with van der Waals surface area (Å²) in [5, 5.41) is 3.37. The Morgan fingerprint density at radius 2 is 1.68 bits per heavy atom. The van der Waals surface area contributed by atoms with Crippen molar-refractivity contribution in [3.8, 4) is 11.3 Å². The van der Waals surface area contributed by atoms with Gasteiger partial charge in [-0.15, -0.1) is 11.3 Å². The van der Waals surface area contributed by atoms with Crippen molar-refractivity contribution in [1.82, 2.24) is 9.97 Å². The number of hydrogen-bond donors (Lipinski definition) is 0. The van der Waals surface area contributed by atoms with Gasteiger partial charge in [-0.05, 0) is 56.7 Å². The Morgan fingerprint density at radius 1 is 0.840 bits per heavy atom. The van der Waals surface area contributed by atoms with Gasteiger partial charge in [-0.25, -0.2) is 9.97 Å². The van der Waals surface area contributed by atoms with Crippen molar-refractivity contribution in [3.63, 3.8) is 0 Å². The van der Waals surface area contributed by atoms with E-state index in [0.29, 0.717) is 5.71 Å². The lowest BCUT2D eigenvalue weighted by Gasteiger charge is -2.02. The summed E-state index contributed by atoms with van der Waals surface area (Å²) in [7, 11) is 0. The quantitative estimate of drug-likeness (QED) is 0.364. The number of fused-ring (bicyclic) bond motifs is 4. The second kappa shape index (κ2) is 5.14. The zero-order valence-corrected chi connectivity index (χ0v) is 15.1. The summed E-state index contributed by atoms with van der Waals surface area (Å²) < 4.78 is 6.11. The third-order valence-electron chi connectivity index (χ3n) is 4.82. The summed E-state index contributed by atoms with van der Waals surface area (Å²) in [4.78, 5) is 11.8. The van der Waals surface area contributed by atoms with E-state index in [9.17, 15) is 0 Å². The minimum Gasteiger partial charge on any atom is -0.437 e. The molecule has 0 aliphatic carbocycles. The fraction of sp³-hybridized carbons (Fsp3) is 0.143. The van der Waals surface area contributed by atoms with Crippen molar-refractivity contribution in [2.75, 3.05) is 0 Å². The average Bonchev–Trinajstić information content (AvgIpc) is 3.11. The summed E-state index contributed by atoms with van der Waals surface area (Å²) in [5.41, 5.74) is 5.77. The SMILES string of the molecule is Cc1ccc2c(n1)oc1c(-c3ccc4c(C)c(C)sc4n3)cccc12. The van der Waals surface area contributed by atoms with Crippen LogP contribution in [0.2, 0.25) is 0 Å². The number of pyridine rings is 2. The second-order valence-corrected chi connectivity index (χ2v) is 7.63. The number of rotatable bonds is 1. The topological polar surface area (TPSA) is 38.9 Å². The molecule has 1 aromatic carbocycles. The van der Waals surface area contributed by atoms with E-state index in [2.05, 4.69) is 55.2 Å². The molecule has 0 bridgehead atoms. The van der Waals surface area contributed by atoms with Crippen LogP contribution in [0.4, 0.5) is 0 Å². The van der Waals surface area contributed by atoms with E-state index in [1.165, 1.54) is 15.8 Å². The Labute approximate surface area is 149 Å². The van der Waals surface area contributed by atoms with Crippen molar-refractivity contribution in [2.45, 2.75) is 20.8 Å². The molecule has 0 aliphatic rings. The maximum Gasteiger partial charge on any atom is 0.227 e. The lowest BCUT2D eigenvalue weighted by molar-refractivity contribution is 0.653. The number of hydrogen-bond acceptors (Lipinski definition) is 4. The fourth-order valence-corrected chi connectivity index (χ4v) is 4.37. The minimum absolute atomic E-state index is 0.686. The number of benzene rings is 1. The van der Waals surface area contributed by atoms with Crippen LogP contribution in [0.3, 0.4) is 0 Å². The lowest BCUT2D eigenvalue weighted by atomic mass is 10.1. The van der Waals surface area contributed by atoms with Gasteiger partial charge < -0.3 is 4.42 Å². The average molecular weight is 344 g/mol. The largest absolute Gasteiger partial charge is 0.437 e. The number of aryl methyl sites for hydroxylation is 3. The molecular weight excluding hydrogens is 328 g/mol. The number of aromatic nitrogens is 2. The molecule has 0 atom stereocenters. The Morgan fingerprint density at radius 3 is 2.56 bits per heavy atom. The van der Waals surface area contributed by atoms with Crippen LogP contribution < -0.4 is 0 Å². The van der Waals surface area contributed by atoms with E-state index in [4.69, 9.17) is 9.40 Å². The molecule has 5 aromatic rings. The van der Waals surface area contributed by atoms with Crippen molar-refractivity contribution < 1.29 is 4.42 Å². The highest BCUT2D eigenvalue weighted by atomic mass is 32.1. The molecule has 4 aromatic heterocycles. The van der Waals surface area contributed by atoms with Gasteiger partial charge in [-0.1, -0.05) is 12.1 Å². The number of para-hydroxylation sites is 1. The summed E-state index contributed by atoms with van der Waals surface area (Å²) in [6.07, 6.45) is 0. The van der Waals surface area contributed by atoms with Gasteiger partial charge in [0.25, 0.3) is 0 Å². The molecule has 4 heteroatoms. The molecule has 122 valence electrons. The Bertz CT molecular complexity index is 1280. The Balaban J connectivity index is 1.81. The van der Waals surface area contributed by atoms with Crippen molar-refractivity contribution in [2.24, 2.45) is 0 Å². The third kappa shape index (κ3) is 2.11. The van der Waals surface area contributed by atoms with Crippen molar-refractivity contribution in [3.05, 3.63) is 58.6 Å². The molecule has 5 rings (SSSR count). The molecule has 0 unspecified atom stereocenters. The third-order valence-corrected chi connectivity index (χ3v) is 5.94. The van der Waals surface area contributed by atoms with E-state index in [1.54, 1.807) is 11.3 Å². The standard InChI is InChI=1S/C21H16N2OS/c1-11-7-8-16-15-5-4-6-17(19(15)24-20(16)22-11)18-10-9-14-12(2)13(3)25-21(14)23-18/h4-10H,1-3H3. The summed E-state index contributed by atoms with van der Waals surface area (Å²) >= 11 is 1.75. The monoisotopic (exact) mass is 344 g/mol. The van der Waals surface area contributed by atoms with Crippen LogP contribution in [0.1, 0.15) is 16.1 Å². The molecule has 0 radical (unpaired) electrons. The Kier molecular flexibility index (Phi) is 3.00. The van der Waals surface area contributed by atoms with E-state index in [0.717, 1.165) is 38.1 Å². The first-order chi connectivity index (χ1) is 12.1. The van der Waals surface area contributed by atoms with Gasteiger partial charge in [0.05, 0.1) is 5.69 Å². The van der Waals surface area contributed by atoms with Crippen LogP contribution in [0.5, 0.6) is 0 Å². The van der Waals surface area contributed by atoms with Crippen LogP contribution in [0, 0.1) is 20.8 Å². The second-order valence-electron chi connectivity index (χ2n) is 6.42. The molecule has 4 heterocycles. The van der Waals surface area contributed by atoms with Gasteiger partial charge >= 0.3 is 0 Å². The minimum atomic E-state index is 0.686. The highest BCUT2D eigenvalue weighted by Gasteiger charge is 2.15. The summed E-state index contributed by atoms with van der Waals surface area (Å²) in [6, 6.07) is 14.6. The molecule has 0 saturated heterocycles. The van der Waals surface area contributed by atoms with Gasteiger partial charge in [0, 0.05) is 32.3 Å². The molecule has 25 heavy (non-hydrogen) atoms. The van der Waals surface area contributed by atoms with Crippen molar-refractivity contribution in [1.29, 1.82) is 0 Å². The van der Waals surface area contributed by atoms with Crippen LogP contribution >= 0.6 is 11.3 Å². The predicted octanol–water partition coefficient (Wildman–Crippen LogP) is 6.18. The van der Waals surface area contributed by atoms with Gasteiger partial charge in [-0.3, -0.25) is 0 Å². The van der Waals surface area contributed by atoms with Gasteiger partial charge in [0.2, 0.25) is 5.71 Å². The van der Waals surface area contributed by atoms with E-state index in [1.807, 2.05) is 13.0 Å². The first kappa shape index (κ1) is 14.6. The van der Waals surface area contributed by atoms with E-state index < -0.39 is 0 Å². The number of furan rings is 1. The zero-order valence-electron chi connectivity index (χ0n) is 14.3. The number of nitrogens with zero attached hydrogens (tertiary/aromatic N) is 2. The number of thiophene rings is 1. The molecule has 0 fully saturated rings. The molecule has 3 nitrogen and oxygen atoms in total. The first-order valence-electron chi connectivity index (χ1n) is 8.28. The van der Waals surface area contributed by atoms with Crippen molar-refractivity contribution >= 4 is 43.6 Å². The van der Waals surface area contributed by atoms with E-state index >= 15 is 0 Å². The maximum atomic E-state index is 6.11. The van der Waals surface area contributed by atoms with Crippen LogP contribution in [0.15, 0.2) is 46.9 Å². The highest BCUT2D eigenvalue weighted by molar-refractivity contribution is 7.18. The lowest BCUT2D eigenvalue weighted by Crippen LogP contribution is -1.84. The molecular formula is C21H16N2OS. The normalized spacial score (nSPS) is 11.8. The highest BCUT2D eigenvalue weighted by Crippen LogP contribution is 2.36. The predicted molar refractivity (Wildman–Crippen MR) is 104 cm³/mol. The maximum absolute atomic E-state index is 6.11. The van der Waals surface area contributed by atoms with Gasteiger partial charge in [-0.2, -0.15) is 0 Å². The smallest absolute Gasteiger partial charge is 0.227 e. The first-order valence-corrected chi connectivity index (χ1v) is 9.09. The van der Waals surface area contributed by atoms with Crippen LogP contribution in [0.25, 0.3) is 43.5 Å². The summed E-state index contributed by atoms with van der Waals surface area (Å²) in [6.45, 7) is 6.28. The fourth-order valence-electron chi connectivity index (χ4n) is 3.34. The zero-order chi connectivity index (χ0) is 17.1. The molecule has 0 N–H and O–H groups in total. The molecule has 0 spiro atoms. The summed E-state index contributed by atoms with van der Waals surface area (Å²) in [5.74, 6) is 0. The van der Waals surface area contributed by atoms with Crippen LogP contribution in [-0.2, 0) is 0 Å². The van der Waals surface area contributed by atoms with Gasteiger partial charge in [0.15, 0.2) is 0 Å².